The molecule has 0 radical (unpaired) electrons. The molecule has 0 bridgehead atoms. The fourth-order valence-electron chi connectivity index (χ4n) is 2.51. The van der Waals surface area contributed by atoms with Gasteiger partial charge in [0.2, 0.25) is 17.7 Å². The van der Waals surface area contributed by atoms with E-state index >= 15 is 0 Å². The second-order valence-electron chi connectivity index (χ2n) is 8.27. The number of carboxylic acids is 1. The lowest BCUT2D eigenvalue weighted by molar-refractivity contribution is -0.143. The number of hydrogen-bond acceptors (Lipinski definition) is 6. The van der Waals surface area contributed by atoms with Crippen LogP contribution in [0, 0.1) is 17.8 Å². The summed E-state index contributed by atoms with van der Waals surface area (Å²) in [6, 6.07) is -3.76. The van der Waals surface area contributed by atoms with E-state index in [1.165, 1.54) is 0 Å². The Morgan fingerprint density at radius 2 is 1.31 bits per heavy atom. The summed E-state index contributed by atoms with van der Waals surface area (Å²) in [6.07, 6.45) is 0.354. The number of thiol groups is 1. The minimum Gasteiger partial charge on any atom is -0.480 e. The lowest BCUT2D eigenvalue weighted by Gasteiger charge is -2.26. The highest BCUT2D eigenvalue weighted by molar-refractivity contribution is 7.80. The lowest BCUT2D eigenvalue weighted by atomic mass is 10.00. The number of aliphatic carboxylic acids is 1. The Hall–Kier alpha value is -1.81. The normalized spacial score (nSPS) is 15.6. The SMILES string of the molecule is CC(C)CC(NC(=O)C(N)C(C)C)C(=O)NC(CS)C(=O)NC(C(=O)O)C(C)C. The first kappa shape index (κ1) is 27.2. The first-order valence-corrected chi connectivity index (χ1v) is 10.4. The smallest absolute Gasteiger partial charge is 0.326 e. The topological polar surface area (TPSA) is 151 Å². The van der Waals surface area contributed by atoms with Gasteiger partial charge in [0.15, 0.2) is 0 Å². The molecule has 0 aromatic carbocycles. The predicted octanol–water partition coefficient (Wildman–Crippen LogP) is 0.141. The molecule has 29 heavy (non-hydrogen) atoms. The number of amides is 3. The zero-order valence-electron chi connectivity index (χ0n) is 18.1. The first-order valence-electron chi connectivity index (χ1n) is 9.82. The summed E-state index contributed by atoms with van der Waals surface area (Å²) >= 11 is 4.09. The molecule has 0 spiro atoms. The summed E-state index contributed by atoms with van der Waals surface area (Å²) in [7, 11) is 0. The summed E-state index contributed by atoms with van der Waals surface area (Å²) in [5.41, 5.74) is 5.85. The molecule has 4 atom stereocenters. The molecule has 168 valence electrons. The Bertz CT molecular complexity index is 583. The van der Waals surface area contributed by atoms with E-state index in [1.807, 2.05) is 13.8 Å². The number of carboxylic acid groups (broad SMARTS) is 1. The number of rotatable bonds is 12. The van der Waals surface area contributed by atoms with Crippen LogP contribution in [0.3, 0.4) is 0 Å². The largest absolute Gasteiger partial charge is 0.480 e. The molecule has 0 aromatic heterocycles. The summed E-state index contributed by atoms with van der Waals surface area (Å²) < 4.78 is 0. The van der Waals surface area contributed by atoms with Gasteiger partial charge in [-0.15, -0.1) is 0 Å². The molecule has 4 unspecified atom stereocenters. The molecule has 0 saturated heterocycles. The van der Waals surface area contributed by atoms with Crippen LogP contribution in [0.2, 0.25) is 0 Å². The maximum absolute atomic E-state index is 12.7. The third-order valence-corrected chi connectivity index (χ3v) is 4.77. The van der Waals surface area contributed by atoms with E-state index in [0.29, 0.717) is 6.42 Å². The zero-order valence-corrected chi connectivity index (χ0v) is 19.0. The molecule has 10 heteroatoms. The van der Waals surface area contributed by atoms with Crippen molar-refractivity contribution in [3.63, 3.8) is 0 Å². The van der Waals surface area contributed by atoms with Crippen molar-refractivity contribution >= 4 is 36.3 Å². The lowest BCUT2D eigenvalue weighted by Crippen LogP contribution is -2.58. The second-order valence-corrected chi connectivity index (χ2v) is 8.64. The maximum atomic E-state index is 12.7. The van der Waals surface area contributed by atoms with Crippen molar-refractivity contribution in [2.75, 3.05) is 5.75 Å². The Kier molecular flexibility index (Phi) is 11.9. The first-order chi connectivity index (χ1) is 13.3. The third-order valence-electron chi connectivity index (χ3n) is 4.41. The van der Waals surface area contributed by atoms with Gasteiger partial charge in [0.1, 0.15) is 18.1 Å². The van der Waals surface area contributed by atoms with Crippen molar-refractivity contribution in [1.82, 2.24) is 16.0 Å². The summed E-state index contributed by atoms with van der Waals surface area (Å²) in [5.74, 6) is -3.17. The highest BCUT2D eigenvalue weighted by Gasteiger charge is 2.31. The molecule has 9 nitrogen and oxygen atoms in total. The van der Waals surface area contributed by atoms with E-state index in [9.17, 15) is 24.3 Å². The van der Waals surface area contributed by atoms with Gasteiger partial charge in [-0.05, 0) is 24.2 Å². The van der Waals surface area contributed by atoms with Crippen molar-refractivity contribution in [1.29, 1.82) is 0 Å². The quantitative estimate of drug-likeness (QED) is 0.241. The molecule has 6 N–H and O–H groups in total. The van der Waals surface area contributed by atoms with Gasteiger partial charge in [-0.1, -0.05) is 41.5 Å². The monoisotopic (exact) mass is 432 g/mol. The Balaban J connectivity index is 5.25. The van der Waals surface area contributed by atoms with Crippen LogP contribution < -0.4 is 21.7 Å². The van der Waals surface area contributed by atoms with E-state index in [4.69, 9.17) is 5.73 Å². The van der Waals surface area contributed by atoms with Gasteiger partial charge in [0.05, 0.1) is 6.04 Å². The van der Waals surface area contributed by atoms with Crippen LogP contribution in [0.4, 0.5) is 0 Å². The summed E-state index contributed by atoms with van der Waals surface area (Å²) in [4.78, 5) is 48.8. The third kappa shape index (κ3) is 9.49. The highest BCUT2D eigenvalue weighted by Crippen LogP contribution is 2.08. The number of carbonyl (C=O) groups excluding carboxylic acids is 3. The molecule has 3 amide bonds. The van der Waals surface area contributed by atoms with Gasteiger partial charge in [-0.25, -0.2) is 4.79 Å². The zero-order chi connectivity index (χ0) is 22.9. The Morgan fingerprint density at radius 3 is 1.69 bits per heavy atom. The molecular formula is C19H36N4O5S. The van der Waals surface area contributed by atoms with Crippen LogP contribution in [0.15, 0.2) is 0 Å². The predicted molar refractivity (Wildman–Crippen MR) is 114 cm³/mol. The van der Waals surface area contributed by atoms with Crippen LogP contribution in [-0.2, 0) is 19.2 Å². The van der Waals surface area contributed by atoms with Gasteiger partial charge in [0.25, 0.3) is 0 Å². The molecule has 0 heterocycles. The van der Waals surface area contributed by atoms with E-state index in [-0.39, 0.29) is 23.5 Å². The highest BCUT2D eigenvalue weighted by atomic mass is 32.1. The van der Waals surface area contributed by atoms with Gasteiger partial charge >= 0.3 is 5.97 Å². The molecule has 0 fully saturated rings. The molecular weight excluding hydrogens is 396 g/mol. The van der Waals surface area contributed by atoms with E-state index in [1.54, 1.807) is 27.7 Å². The minimum absolute atomic E-state index is 0.0319. The van der Waals surface area contributed by atoms with Crippen molar-refractivity contribution < 1.29 is 24.3 Å². The average molecular weight is 433 g/mol. The van der Waals surface area contributed by atoms with Crippen LogP contribution in [0.5, 0.6) is 0 Å². The fraction of sp³-hybridized carbons (Fsp3) is 0.789. The second kappa shape index (κ2) is 12.7. The van der Waals surface area contributed by atoms with Crippen LogP contribution in [0.25, 0.3) is 0 Å². The molecule has 0 saturated carbocycles. The van der Waals surface area contributed by atoms with E-state index in [2.05, 4.69) is 28.6 Å². The van der Waals surface area contributed by atoms with Gasteiger partial charge in [-0.2, -0.15) is 12.6 Å². The standard InChI is InChI=1S/C19H36N4O5S/c1-9(2)7-12(21-18(26)14(20)10(3)4)16(24)22-13(8-29)17(25)23-15(11(5)6)19(27)28/h9-15,29H,7-8,20H2,1-6H3,(H,21,26)(H,22,24)(H,23,25)(H,27,28). The molecule has 0 aliphatic rings. The van der Waals surface area contributed by atoms with Crippen molar-refractivity contribution in [2.45, 2.75) is 72.1 Å². The van der Waals surface area contributed by atoms with Gasteiger partial charge in [-0.3, -0.25) is 14.4 Å². The van der Waals surface area contributed by atoms with E-state index in [0.717, 1.165) is 0 Å². The summed E-state index contributed by atoms with van der Waals surface area (Å²) in [5, 5.41) is 16.8. The number of nitrogens with one attached hydrogen (secondary N) is 3. The van der Waals surface area contributed by atoms with Crippen LogP contribution >= 0.6 is 12.6 Å². The number of carbonyl (C=O) groups is 4. The summed E-state index contributed by atoms with van der Waals surface area (Å²) in [6.45, 7) is 10.7. The van der Waals surface area contributed by atoms with Crippen LogP contribution in [0.1, 0.15) is 48.0 Å². The average Bonchev–Trinajstić information content (AvgIpc) is 2.61. The van der Waals surface area contributed by atoms with Gasteiger partial charge < -0.3 is 26.8 Å². The molecule has 0 rings (SSSR count). The Morgan fingerprint density at radius 1 is 0.828 bits per heavy atom. The Labute approximate surface area is 178 Å². The van der Waals surface area contributed by atoms with Gasteiger partial charge in [0, 0.05) is 5.75 Å². The number of nitrogens with two attached hydrogens (primary N) is 1. The van der Waals surface area contributed by atoms with E-state index < -0.39 is 47.9 Å². The number of hydrogen-bond donors (Lipinski definition) is 6. The van der Waals surface area contributed by atoms with Crippen molar-refractivity contribution in [2.24, 2.45) is 23.5 Å². The van der Waals surface area contributed by atoms with Crippen molar-refractivity contribution in [3.8, 4) is 0 Å². The minimum atomic E-state index is -1.16. The van der Waals surface area contributed by atoms with Crippen molar-refractivity contribution in [3.05, 3.63) is 0 Å². The molecule has 0 aliphatic carbocycles. The molecule has 0 aliphatic heterocycles. The maximum Gasteiger partial charge on any atom is 0.326 e. The van der Waals surface area contributed by atoms with Crippen LogP contribution in [-0.4, -0.2) is 58.7 Å². The fourth-order valence-corrected chi connectivity index (χ4v) is 2.76. The molecule has 0 aromatic rings.